The summed E-state index contributed by atoms with van der Waals surface area (Å²) < 4.78 is 9.11. The van der Waals surface area contributed by atoms with Crippen molar-refractivity contribution in [1.82, 2.24) is 0 Å². The van der Waals surface area contributed by atoms with E-state index in [9.17, 15) is 19.5 Å². The standard InChI is InChI=1S/C9H15NO6/c1-6(12)15-9(5-11,16-7(2)13)8(14)3-4-10/h5,8,14H,3-4,10H2,1-2H3. The lowest BCUT2D eigenvalue weighted by Gasteiger charge is -2.30. The molecule has 7 heteroatoms. The molecule has 0 fully saturated rings. The summed E-state index contributed by atoms with van der Waals surface area (Å²) in [6.45, 7) is 2.09. The molecule has 0 heterocycles. The van der Waals surface area contributed by atoms with Gasteiger partial charge in [-0.2, -0.15) is 0 Å². The monoisotopic (exact) mass is 233 g/mol. The number of rotatable bonds is 6. The molecular formula is C9H15NO6. The molecule has 0 aromatic carbocycles. The van der Waals surface area contributed by atoms with Crippen LogP contribution in [0.5, 0.6) is 0 Å². The van der Waals surface area contributed by atoms with Gasteiger partial charge in [-0.3, -0.25) is 14.4 Å². The van der Waals surface area contributed by atoms with E-state index >= 15 is 0 Å². The third-order valence-electron chi connectivity index (χ3n) is 1.68. The van der Waals surface area contributed by atoms with Gasteiger partial charge in [0.2, 0.25) is 6.29 Å². The van der Waals surface area contributed by atoms with Crippen molar-refractivity contribution in [3.8, 4) is 0 Å². The molecule has 1 unspecified atom stereocenters. The Kier molecular flexibility index (Phi) is 5.62. The Balaban J connectivity index is 5.00. The highest BCUT2D eigenvalue weighted by Gasteiger charge is 2.44. The molecule has 0 spiro atoms. The van der Waals surface area contributed by atoms with E-state index in [1.807, 2.05) is 0 Å². The fourth-order valence-corrected chi connectivity index (χ4v) is 1.09. The average Bonchev–Trinajstić information content (AvgIpc) is 2.15. The molecule has 92 valence electrons. The largest absolute Gasteiger partial charge is 0.413 e. The van der Waals surface area contributed by atoms with Gasteiger partial charge in [0.25, 0.3) is 0 Å². The summed E-state index contributed by atoms with van der Waals surface area (Å²) in [6.07, 6.45) is -1.49. The molecule has 0 aliphatic carbocycles. The maximum absolute atomic E-state index is 10.9. The molecule has 1 atom stereocenters. The second-order valence-corrected chi connectivity index (χ2v) is 3.12. The Hall–Kier alpha value is -1.47. The Morgan fingerprint density at radius 1 is 1.38 bits per heavy atom. The first-order chi connectivity index (χ1) is 7.38. The molecule has 7 nitrogen and oxygen atoms in total. The molecular weight excluding hydrogens is 218 g/mol. The van der Waals surface area contributed by atoms with Gasteiger partial charge in [0.05, 0.1) is 0 Å². The zero-order valence-electron chi connectivity index (χ0n) is 9.13. The quantitative estimate of drug-likeness (QED) is 0.333. The van der Waals surface area contributed by atoms with Gasteiger partial charge >= 0.3 is 17.7 Å². The number of carbonyl (C=O) groups is 3. The van der Waals surface area contributed by atoms with Crippen molar-refractivity contribution in [3.05, 3.63) is 0 Å². The van der Waals surface area contributed by atoms with E-state index in [0.717, 1.165) is 13.8 Å². The summed E-state index contributed by atoms with van der Waals surface area (Å²) in [5.41, 5.74) is 5.19. The fraction of sp³-hybridized carbons (Fsp3) is 0.667. The molecule has 0 aromatic heterocycles. The van der Waals surface area contributed by atoms with E-state index in [1.54, 1.807) is 0 Å². The molecule has 0 radical (unpaired) electrons. The molecule has 0 amide bonds. The van der Waals surface area contributed by atoms with Crippen molar-refractivity contribution < 1.29 is 29.0 Å². The normalized spacial score (nSPS) is 12.8. The zero-order chi connectivity index (χ0) is 12.8. The van der Waals surface area contributed by atoms with Crippen molar-refractivity contribution >= 4 is 18.2 Å². The van der Waals surface area contributed by atoms with Gasteiger partial charge in [-0.15, -0.1) is 0 Å². The van der Waals surface area contributed by atoms with Crippen LogP contribution in [0, 0.1) is 0 Å². The fourth-order valence-electron chi connectivity index (χ4n) is 1.09. The molecule has 0 aromatic rings. The van der Waals surface area contributed by atoms with Gasteiger partial charge in [-0.1, -0.05) is 0 Å². The molecule has 0 saturated carbocycles. The predicted molar refractivity (Wildman–Crippen MR) is 52.0 cm³/mol. The minimum Gasteiger partial charge on any atom is -0.413 e. The van der Waals surface area contributed by atoms with Crippen molar-refractivity contribution in [3.63, 3.8) is 0 Å². The van der Waals surface area contributed by atoms with Gasteiger partial charge < -0.3 is 20.3 Å². The van der Waals surface area contributed by atoms with E-state index in [0.29, 0.717) is 0 Å². The van der Waals surface area contributed by atoms with Crippen LogP contribution in [0.3, 0.4) is 0 Å². The molecule has 0 aliphatic heterocycles. The van der Waals surface area contributed by atoms with E-state index < -0.39 is 23.8 Å². The summed E-state index contributed by atoms with van der Waals surface area (Å²) in [5, 5.41) is 9.59. The van der Waals surface area contributed by atoms with Crippen molar-refractivity contribution in [1.29, 1.82) is 0 Å². The lowest BCUT2D eigenvalue weighted by molar-refractivity contribution is -0.244. The van der Waals surface area contributed by atoms with Crippen LogP contribution in [-0.4, -0.2) is 41.8 Å². The summed E-state index contributed by atoms with van der Waals surface area (Å²) >= 11 is 0. The third kappa shape index (κ3) is 3.95. The number of nitrogens with two attached hydrogens (primary N) is 1. The van der Waals surface area contributed by atoms with Gasteiger partial charge in [0.15, 0.2) is 0 Å². The first-order valence-corrected chi connectivity index (χ1v) is 4.61. The summed E-state index contributed by atoms with van der Waals surface area (Å²) in [6, 6.07) is 0. The average molecular weight is 233 g/mol. The molecule has 0 saturated heterocycles. The number of aliphatic hydroxyl groups is 1. The van der Waals surface area contributed by atoms with E-state index in [4.69, 9.17) is 5.73 Å². The maximum atomic E-state index is 10.9. The number of aliphatic hydroxyl groups excluding tert-OH is 1. The molecule has 16 heavy (non-hydrogen) atoms. The first-order valence-electron chi connectivity index (χ1n) is 4.61. The second-order valence-electron chi connectivity index (χ2n) is 3.12. The number of hydrogen-bond acceptors (Lipinski definition) is 7. The Morgan fingerprint density at radius 2 is 1.81 bits per heavy atom. The highest BCUT2D eigenvalue weighted by Crippen LogP contribution is 2.19. The zero-order valence-corrected chi connectivity index (χ0v) is 9.13. The van der Waals surface area contributed by atoms with Crippen LogP contribution >= 0.6 is 0 Å². The number of ether oxygens (including phenoxy) is 2. The summed E-state index contributed by atoms with van der Waals surface area (Å²) in [4.78, 5) is 32.4. The Morgan fingerprint density at radius 3 is 2.06 bits per heavy atom. The molecule has 0 aliphatic rings. The van der Waals surface area contributed by atoms with Crippen molar-refractivity contribution in [2.75, 3.05) is 6.54 Å². The minimum atomic E-state index is -2.31. The maximum Gasteiger partial charge on any atom is 0.339 e. The minimum absolute atomic E-state index is 0.0410. The van der Waals surface area contributed by atoms with E-state index in [1.165, 1.54) is 0 Å². The predicted octanol–water partition coefficient (Wildman–Crippen LogP) is -1.28. The number of hydrogen-bond donors (Lipinski definition) is 2. The van der Waals surface area contributed by atoms with Gasteiger partial charge in [0, 0.05) is 13.8 Å². The summed E-state index contributed by atoms with van der Waals surface area (Å²) in [5.74, 6) is -4.02. The van der Waals surface area contributed by atoms with E-state index in [2.05, 4.69) is 9.47 Å². The van der Waals surface area contributed by atoms with Crippen LogP contribution in [0.25, 0.3) is 0 Å². The van der Waals surface area contributed by atoms with Crippen LogP contribution in [-0.2, 0) is 23.9 Å². The highest BCUT2D eigenvalue weighted by molar-refractivity contribution is 5.76. The van der Waals surface area contributed by atoms with Gasteiger partial charge in [-0.05, 0) is 13.0 Å². The summed E-state index contributed by atoms with van der Waals surface area (Å²) in [7, 11) is 0. The van der Waals surface area contributed by atoms with Crippen LogP contribution in [0.4, 0.5) is 0 Å². The first kappa shape index (κ1) is 14.5. The Labute approximate surface area is 92.5 Å². The van der Waals surface area contributed by atoms with Gasteiger partial charge in [0.1, 0.15) is 6.10 Å². The third-order valence-corrected chi connectivity index (χ3v) is 1.68. The lowest BCUT2D eigenvalue weighted by Crippen LogP contribution is -2.51. The Bertz CT molecular complexity index is 261. The van der Waals surface area contributed by atoms with E-state index in [-0.39, 0.29) is 19.3 Å². The van der Waals surface area contributed by atoms with Gasteiger partial charge in [-0.25, -0.2) is 0 Å². The SMILES string of the molecule is CC(=O)OC(C=O)(OC(C)=O)C(O)CCN. The smallest absolute Gasteiger partial charge is 0.339 e. The molecule has 0 rings (SSSR count). The second kappa shape index (κ2) is 6.19. The van der Waals surface area contributed by atoms with Crippen molar-refractivity contribution in [2.24, 2.45) is 5.73 Å². The van der Waals surface area contributed by atoms with Crippen LogP contribution in [0.2, 0.25) is 0 Å². The lowest BCUT2D eigenvalue weighted by atomic mass is 10.1. The molecule has 0 bridgehead atoms. The topological polar surface area (TPSA) is 116 Å². The number of aldehydes is 1. The van der Waals surface area contributed by atoms with Crippen molar-refractivity contribution in [2.45, 2.75) is 32.2 Å². The number of esters is 2. The van der Waals surface area contributed by atoms with Crippen LogP contribution in [0.1, 0.15) is 20.3 Å². The van der Waals surface area contributed by atoms with Crippen LogP contribution in [0.15, 0.2) is 0 Å². The number of carbonyl (C=O) groups excluding carboxylic acids is 3. The molecule has 3 N–H and O–H groups in total. The highest BCUT2D eigenvalue weighted by atomic mass is 16.7. The van der Waals surface area contributed by atoms with Crippen LogP contribution < -0.4 is 5.73 Å².